The lowest BCUT2D eigenvalue weighted by atomic mass is 9.98. The quantitative estimate of drug-likeness (QED) is 0.860. The first kappa shape index (κ1) is 15.8. The van der Waals surface area contributed by atoms with Crippen LogP contribution in [0.5, 0.6) is 0 Å². The number of fused-ring (bicyclic) bond motifs is 1. The first-order chi connectivity index (χ1) is 10.4. The average Bonchev–Trinajstić information content (AvgIpc) is 2.89. The first-order valence-electron chi connectivity index (χ1n) is 8.26. The van der Waals surface area contributed by atoms with Gasteiger partial charge in [-0.1, -0.05) is 0 Å². The van der Waals surface area contributed by atoms with Gasteiger partial charge < -0.3 is 10.1 Å². The zero-order valence-corrected chi connectivity index (χ0v) is 14.6. The second-order valence-corrected chi connectivity index (χ2v) is 8.37. The van der Waals surface area contributed by atoms with E-state index in [-0.39, 0.29) is 12.1 Å². The Labute approximate surface area is 136 Å². The summed E-state index contributed by atoms with van der Waals surface area (Å²) >= 11 is 1.89. The van der Waals surface area contributed by atoms with E-state index in [1.807, 2.05) is 37.0 Å². The molecule has 122 valence electrons. The topological polar surface area (TPSA) is 41.6 Å². The van der Waals surface area contributed by atoms with Crippen molar-refractivity contribution in [3.8, 4) is 0 Å². The molecule has 0 bridgehead atoms. The van der Waals surface area contributed by atoms with Gasteiger partial charge in [0, 0.05) is 29.4 Å². The third-order valence-electron chi connectivity index (χ3n) is 4.22. The number of carbonyl (C=O) groups excluding carboxylic acids is 1. The van der Waals surface area contributed by atoms with Crippen LogP contribution >= 0.6 is 11.3 Å². The maximum atomic E-state index is 12.5. The predicted molar refractivity (Wildman–Crippen MR) is 89.5 cm³/mol. The lowest BCUT2D eigenvalue weighted by Gasteiger charge is -2.36. The molecule has 1 aromatic heterocycles. The van der Waals surface area contributed by atoms with Crippen molar-refractivity contribution < 1.29 is 9.53 Å². The lowest BCUT2D eigenvalue weighted by Crippen LogP contribution is -2.49. The molecule has 0 spiro atoms. The van der Waals surface area contributed by atoms with E-state index in [4.69, 9.17) is 4.74 Å². The van der Waals surface area contributed by atoms with Crippen LogP contribution in [0.15, 0.2) is 6.07 Å². The minimum atomic E-state index is -0.443. The summed E-state index contributed by atoms with van der Waals surface area (Å²) in [5.41, 5.74) is 1.06. The van der Waals surface area contributed by atoms with Gasteiger partial charge in [0.2, 0.25) is 0 Å². The summed E-state index contributed by atoms with van der Waals surface area (Å²) in [6, 6.07) is 2.44. The van der Waals surface area contributed by atoms with Crippen molar-refractivity contribution in [1.29, 1.82) is 0 Å². The number of ether oxygens (including phenoxy) is 1. The van der Waals surface area contributed by atoms with Crippen molar-refractivity contribution >= 4 is 17.4 Å². The first-order valence-corrected chi connectivity index (χ1v) is 9.07. The minimum absolute atomic E-state index is 0.110. The second-order valence-electron chi connectivity index (χ2n) is 7.20. The Morgan fingerprint density at radius 3 is 2.86 bits per heavy atom. The zero-order chi connectivity index (χ0) is 15.7. The van der Waals surface area contributed by atoms with Crippen LogP contribution in [0, 0.1) is 0 Å². The smallest absolute Gasteiger partial charge is 0.410 e. The molecule has 22 heavy (non-hydrogen) atoms. The summed E-state index contributed by atoms with van der Waals surface area (Å²) in [6.45, 7) is 8.13. The van der Waals surface area contributed by atoms with Crippen molar-refractivity contribution in [3.05, 3.63) is 21.4 Å². The number of piperazine rings is 1. The van der Waals surface area contributed by atoms with Gasteiger partial charge in [0.25, 0.3) is 0 Å². The van der Waals surface area contributed by atoms with E-state index in [9.17, 15) is 4.79 Å². The number of hydrogen-bond donors (Lipinski definition) is 1. The predicted octanol–water partition coefficient (Wildman–Crippen LogP) is 3.51. The number of hydrogen-bond acceptors (Lipinski definition) is 4. The number of nitrogens with zero attached hydrogens (tertiary/aromatic N) is 1. The van der Waals surface area contributed by atoms with Crippen LogP contribution in [0.4, 0.5) is 4.79 Å². The largest absolute Gasteiger partial charge is 0.444 e. The Hall–Kier alpha value is -1.07. The molecule has 0 saturated carbocycles. The molecule has 1 aliphatic heterocycles. The summed E-state index contributed by atoms with van der Waals surface area (Å²) in [5, 5.41) is 3.42. The third kappa shape index (κ3) is 3.46. The van der Waals surface area contributed by atoms with E-state index in [1.54, 1.807) is 0 Å². The van der Waals surface area contributed by atoms with Crippen LogP contribution in [-0.2, 0) is 17.6 Å². The number of rotatable bonds is 1. The van der Waals surface area contributed by atoms with Crippen LogP contribution < -0.4 is 5.32 Å². The standard InChI is InChI=1S/C17H26N2O2S/c1-17(2,3)21-16(20)19-9-8-18-11-13(19)15-10-12-6-4-5-7-14(12)22-15/h10,13,18H,4-9,11H2,1-3H3. The van der Waals surface area contributed by atoms with Gasteiger partial charge in [-0.2, -0.15) is 0 Å². The fourth-order valence-corrected chi connectivity index (χ4v) is 4.55. The lowest BCUT2D eigenvalue weighted by molar-refractivity contribution is 0.0122. The van der Waals surface area contributed by atoms with E-state index in [2.05, 4.69) is 11.4 Å². The molecule has 1 N–H and O–H groups in total. The normalized spacial score (nSPS) is 22.3. The van der Waals surface area contributed by atoms with E-state index in [0.29, 0.717) is 6.54 Å². The fourth-order valence-electron chi connectivity index (χ4n) is 3.18. The Kier molecular flexibility index (Phi) is 4.46. The van der Waals surface area contributed by atoms with Crippen LogP contribution in [0.3, 0.4) is 0 Å². The minimum Gasteiger partial charge on any atom is -0.444 e. The molecular weight excluding hydrogens is 296 g/mol. The van der Waals surface area contributed by atoms with Crippen molar-refractivity contribution in [2.24, 2.45) is 0 Å². The molecule has 1 aromatic rings. The molecule has 1 fully saturated rings. The summed E-state index contributed by atoms with van der Waals surface area (Å²) in [6.07, 6.45) is 4.80. The van der Waals surface area contributed by atoms with E-state index < -0.39 is 5.60 Å². The summed E-state index contributed by atoms with van der Waals surface area (Å²) < 4.78 is 5.59. The number of nitrogens with one attached hydrogen (secondary N) is 1. The van der Waals surface area contributed by atoms with Gasteiger partial charge in [-0.25, -0.2) is 4.79 Å². The maximum absolute atomic E-state index is 12.5. The van der Waals surface area contributed by atoms with Gasteiger partial charge in [-0.15, -0.1) is 11.3 Å². The Bertz CT molecular complexity index is 524. The molecule has 2 aliphatic rings. The van der Waals surface area contributed by atoms with Crippen LogP contribution in [0.25, 0.3) is 0 Å². The van der Waals surface area contributed by atoms with E-state index >= 15 is 0 Å². The Morgan fingerprint density at radius 1 is 1.36 bits per heavy atom. The number of thiophene rings is 1. The molecule has 4 nitrogen and oxygen atoms in total. The second kappa shape index (κ2) is 6.20. The molecule has 5 heteroatoms. The third-order valence-corrected chi connectivity index (χ3v) is 5.55. The molecule has 0 radical (unpaired) electrons. The van der Waals surface area contributed by atoms with Gasteiger partial charge in [0.05, 0.1) is 6.04 Å². The van der Waals surface area contributed by atoms with Gasteiger partial charge in [0.15, 0.2) is 0 Å². The molecule has 3 rings (SSSR count). The van der Waals surface area contributed by atoms with Crippen molar-refractivity contribution in [2.45, 2.75) is 58.1 Å². The van der Waals surface area contributed by atoms with Gasteiger partial charge in [-0.3, -0.25) is 4.90 Å². The Morgan fingerprint density at radius 2 is 2.14 bits per heavy atom. The number of amides is 1. The van der Waals surface area contributed by atoms with Crippen molar-refractivity contribution in [3.63, 3.8) is 0 Å². The fraction of sp³-hybridized carbons (Fsp3) is 0.706. The highest BCUT2D eigenvalue weighted by atomic mass is 32.1. The molecule has 1 saturated heterocycles. The summed E-state index contributed by atoms with van der Waals surface area (Å²) in [5.74, 6) is 0. The molecule has 1 amide bonds. The average molecular weight is 322 g/mol. The summed E-state index contributed by atoms with van der Waals surface area (Å²) in [7, 11) is 0. The SMILES string of the molecule is CC(C)(C)OC(=O)N1CCNCC1c1cc2c(s1)CCCC2. The van der Waals surface area contributed by atoms with Gasteiger partial charge in [0.1, 0.15) is 5.60 Å². The molecule has 1 aliphatic carbocycles. The highest BCUT2D eigenvalue weighted by molar-refractivity contribution is 7.12. The van der Waals surface area contributed by atoms with Gasteiger partial charge >= 0.3 is 6.09 Å². The number of carbonyl (C=O) groups is 1. The zero-order valence-electron chi connectivity index (χ0n) is 13.8. The Balaban J connectivity index is 1.80. The van der Waals surface area contributed by atoms with E-state index in [0.717, 1.165) is 13.1 Å². The highest BCUT2D eigenvalue weighted by Gasteiger charge is 2.33. The highest BCUT2D eigenvalue weighted by Crippen LogP contribution is 2.36. The maximum Gasteiger partial charge on any atom is 0.410 e. The molecular formula is C17H26N2O2S. The van der Waals surface area contributed by atoms with Crippen LogP contribution in [-0.4, -0.2) is 36.2 Å². The summed E-state index contributed by atoms with van der Waals surface area (Å²) in [4.78, 5) is 17.3. The van der Waals surface area contributed by atoms with Crippen LogP contribution in [0.2, 0.25) is 0 Å². The molecule has 1 unspecified atom stereocenters. The molecule has 1 atom stereocenters. The molecule has 0 aromatic carbocycles. The molecule has 2 heterocycles. The monoisotopic (exact) mass is 322 g/mol. The van der Waals surface area contributed by atoms with Crippen molar-refractivity contribution in [2.75, 3.05) is 19.6 Å². The van der Waals surface area contributed by atoms with Crippen molar-refractivity contribution in [1.82, 2.24) is 10.2 Å². The van der Waals surface area contributed by atoms with Gasteiger partial charge in [-0.05, 0) is 58.1 Å². The van der Waals surface area contributed by atoms with Crippen LogP contribution in [0.1, 0.15) is 55.0 Å². The number of aryl methyl sites for hydroxylation is 2. The van der Waals surface area contributed by atoms with E-state index in [1.165, 1.54) is 41.0 Å².